The Morgan fingerprint density at radius 2 is 1.97 bits per heavy atom. The molecule has 0 aliphatic heterocycles. The van der Waals surface area contributed by atoms with E-state index in [-0.39, 0.29) is 10.7 Å². The van der Waals surface area contributed by atoms with Gasteiger partial charge in [-0.15, -0.1) is 5.10 Å². The van der Waals surface area contributed by atoms with Crippen molar-refractivity contribution >= 4 is 27.3 Å². The Balaban J connectivity index is 1.78. The zero-order chi connectivity index (χ0) is 21.3. The third-order valence-electron chi connectivity index (χ3n) is 4.77. The summed E-state index contributed by atoms with van der Waals surface area (Å²) >= 11 is 0. The molecule has 0 radical (unpaired) electrons. The van der Waals surface area contributed by atoms with Gasteiger partial charge in [0.2, 0.25) is 0 Å². The standard InChI is InChI=1S/C21H22N4O4S/c1-13-5-8-18(14(2)11-13)30(27)21-19-22-20(26)16-7-6-15(29-10-4-9-28-3)12-17(16)25(19)24-23-21/h5-8,11-12,24H,4,9-10H2,1-3H3. The van der Waals surface area contributed by atoms with E-state index in [9.17, 15) is 9.00 Å². The SMILES string of the molecule is COCCCOc1ccc2c(=O)nc3c(S(=O)c4ccc(C)cc4C)n[nH]n3c2c1. The Labute approximate surface area is 175 Å². The molecule has 4 rings (SSSR count). The van der Waals surface area contributed by atoms with Crippen molar-refractivity contribution in [3.8, 4) is 5.75 Å². The summed E-state index contributed by atoms with van der Waals surface area (Å²) in [5.74, 6) is 0.615. The molecule has 1 atom stereocenters. The van der Waals surface area contributed by atoms with E-state index < -0.39 is 16.4 Å². The number of rotatable bonds is 7. The zero-order valence-corrected chi connectivity index (χ0v) is 17.8. The van der Waals surface area contributed by atoms with Gasteiger partial charge in [0.15, 0.2) is 10.7 Å². The van der Waals surface area contributed by atoms with E-state index in [2.05, 4.69) is 15.3 Å². The molecule has 0 spiro atoms. The molecule has 2 aromatic heterocycles. The van der Waals surface area contributed by atoms with Crippen LogP contribution in [0.3, 0.4) is 0 Å². The second-order valence-electron chi connectivity index (χ2n) is 7.00. The second-order valence-corrected chi connectivity index (χ2v) is 8.37. The van der Waals surface area contributed by atoms with Crippen LogP contribution >= 0.6 is 0 Å². The predicted octanol–water partition coefficient (Wildman–Crippen LogP) is 2.77. The number of H-pyrrole nitrogens is 1. The molecular weight excluding hydrogens is 404 g/mol. The summed E-state index contributed by atoms with van der Waals surface area (Å²) in [7, 11) is 0.0593. The van der Waals surface area contributed by atoms with E-state index in [1.54, 1.807) is 29.8 Å². The molecule has 1 N–H and O–H groups in total. The van der Waals surface area contributed by atoms with Gasteiger partial charge in [-0.1, -0.05) is 17.7 Å². The number of benzene rings is 2. The molecule has 1 unspecified atom stereocenters. The molecule has 0 amide bonds. The summed E-state index contributed by atoms with van der Waals surface area (Å²) in [5.41, 5.74) is 2.37. The van der Waals surface area contributed by atoms with Gasteiger partial charge in [-0.05, 0) is 37.6 Å². The van der Waals surface area contributed by atoms with E-state index in [1.807, 2.05) is 32.0 Å². The fourth-order valence-corrected chi connectivity index (χ4v) is 4.48. The molecular formula is C21H22N4O4S. The Kier molecular flexibility index (Phi) is 5.65. The number of aromatic amines is 1. The second kappa shape index (κ2) is 8.37. The summed E-state index contributed by atoms with van der Waals surface area (Å²) in [6, 6.07) is 10.8. The van der Waals surface area contributed by atoms with Crippen molar-refractivity contribution in [2.75, 3.05) is 20.3 Å². The van der Waals surface area contributed by atoms with E-state index in [4.69, 9.17) is 9.47 Å². The molecule has 9 heteroatoms. The molecule has 2 aromatic carbocycles. The molecule has 4 aromatic rings. The smallest absolute Gasteiger partial charge is 0.281 e. The molecule has 30 heavy (non-hydrogen) atoms. The van der Waals surface area contributed by atoms with Gasteiger partial charge in [-0.25, -0.2) is 13.9 Å². The summed E-state index contributed by atoms with van der Waals surface area (Å²) in [4.78, 5) is 17.4. The van der Waals surface area contributed by atoms with E-state index in [0.717, 1.165) is 17.5 Å². The lowest BCUT2D eigenvalue weighted by Gasteiger charge is -2.08. The van der Waals surface area contributed by atoms with Gasteiger partial charge in [-0.2, -0.15) is 4.98 Å². The minimum Gasteiger partial charge on any atom is -0.493 e. The van der Waals surface area contributed by atoms with E-state index >= 15 is 0 Å². The average molecular weight is 426 g/mol. The van der Waals surface area contributed by atoms with Crippen LogP contribution in [0.4, 0.5) is 0 Å². The molecule has 2 heterocycles. The lowest BCUT2D eigenvalue weighted by molar-refractivity contribution is 0.172. The van der Waals surface area contributed by atoms with Crippen molar-refractivity contribution in [1.29, 1.82) is 0 Å². The van der Waals surface area contributed by atoms with Crippen LogP contribution in [-0.4, -0.2) is 44.3 Å². The first-order valence-electron chi connectivity index (χ1n) is 9.51. The van der Waals surface area contributed by atoms with Crippen molar-refractivity contribution in [1.82, 2.24) is 19.8 Å². The average Bonchev–Trinajstić information content (AvgIpc) is 3.15. The van der Waals surface area contributed by atoms with Crippen molar-refractivity contribution in [2.24, 2.45) is 0 Å². The molecule has 0 saturated heterocycles. The number of methoxy groups -OCH3 is 1. The normalized spacial score (nSPS) is 12.5. The van der Waals surface area contributed by atoms with Gasteiger partial charge >= 0.3 is 0 Å². The van der Waals surface area contributed by atoms with Crippen LogP contribution in [-0.2, 0) is 15.5 Å². The Morgan fingerprint density at radius 3 is 2.73 bits per heavy atom. The first-order valence-corrected chi connectivity index (χ1v) is 10.7. The quantitative estimate of drug-likeness (QED) is 0.456. The Bertz CT molecular complexity index is 1310. The van der Waals surface area contributed by atoms with E-state index in [0.29, 0.717) is 34.8 Å². The first-order chi connectivity index (χ1) is 14.5. The van der Waals surface area contributed by atoms with Crippen molar-refractivity contribution in [2.45, 2.75) is 30.2 Å². The summed E-state index contributed by atoms with van der Waals surface area (Å²) in [5, 5.41) is 7.70. The third-order valence-corrected chi connectivity index (χ3v) is 6.25. The van der Waals surface area contributed by atoms with Crippen LogP contribution in [0.1, 0.15) is 17.5 Å². The minimum atomic E-state index is -1.58. The third kappa shape index (κ3) is 3.73. The lowest BCUT2D eigenvalue weighted by Crippen LogP contribution is -2.11. The highest BCUT2D eigenvalue weighted by molar-refractivity contribution is 7.85. The summed E-state index contributed by atoms with van der Waals surface area (Å²) in [6.07, 6.45) is 0.753. The topological polar surface area (TPSA) is 98.6 Å². The van der Waals surface area contributed by atoms with Crippen LogP contribution < -0.4 is 10.3 Å². The number of aromatic nitrogens is 4. The lowest BCUT2D eigenvalue weighted by atomic mass is 10.2. The van der Waals surface area contributed by atoms with Crippen molar-refractivity contribution < 1.29 is 13.7 Å². The number of fused-ring (bicyclic) bond motifs is 3. The largest absolute Gasteiger partial charge is 0.493 e. The number of hydrogen-bond donors (Lipinski definition) is 1. The highest BCUT2D eigenvalue weighted by atomic mass is 32.2. The van der Waals surface area contributed by atoms with Crippen LogP contribution in [0, 0.1) is 13.8 Å². The highest BCUT2D eigenvalue weighted by Crippen LogP contribution is 2.24. The minimum absolute atomic E-state index is 0.215. The fourth-order valence-electron chi connectivity index (χ4n) is 3.31. The monoisotopic (exact) mass is 426 g/mol. The van der Waals surface area contributed by atoms with Gasteiger partial charge < -0.3 is 9.47 Å². The maximum Gasteiger partial charge on any atom is 0.281 e. The summed E-state index contributed by atoms with van der Waals surface area (Å²) in [6.45, 7) is 4.98. The number of hydrogen-bond acceptors (Lipinski definition) is 6. The van der Waals surface area contributed by atoms with Gasteiger partial charge in [0.1, 0.15) is 16.5 Å². The van der Waals surface area contributed by atoms with Gasteiger partial charge in [-0.3, -0.25) is 4.79 Å². The van der Waals surface area contributed by atoms with Gasteiger partial charge in [0.25, 0.3) is 5.56 Å². The maximum absolute atomic E-state index is 13.2. The zero-order valence-electron chi connectivity index (χ0n) is 17.0. The molecule has 8 nitrogen and oxygen atoms in total. The van der Waals surface area contributed by atoms with Crippen LogP contribution in [0.5, 0.6) is 5.75 Å². The molecule has 156 valence electrons. The molecule has 0 fully saturated rings. The van der Waals surface area contributed by atoms with Crippen molar-refractivity contribution in [3.63, 3.8) is 0 Å². The van der Waals surface area contributed by atoms with E-state index in [1.165, 1.54) is 0 Å². The Morgan fingerprint density at radius 1 is 1.13 bits per heavy atom. The molecule has 0 saturated carbocycles. The van der Waals surface area contributed by atoms with Gasteiger partial charge in [0.05, 0.1) is 17.5 Å². The molecule has 0 aliphatic carbocycles. The maximum atomic E-state index is 13.2. The predicted molar refractivity (Wildman–Crippen MR) is 114 cm³/mol. The van der Waals surface area contributed by atoms with Gasteiger partial charge in [0, 0.05) is 31.1 Å². The van der Waals surface area contributed by atoms with Crippen LogP contribution in [0.15, 0.2) is 51.1 Å². The fraction of sp³-hybridized carbons (Fsp3) is 0.286. The highest BCUT2D eigenvalue weighted by Gasteiger charge is 2.20. The van der Waals surface area contributed by atoms with Crippen molar-refractivity contribution in [3.05, 3.63) is 57.9 Å². The first kappa shape index (κ1) is 20.2. The molecule has 0 bridgehead atoms. The van der Waals surface area contributed by atoms with Crippen LogP contribution in [0.25, 0.3) is 16.6 Å². The van der Waals surface area contributed by atoms with Crippen LogP contribution in [0.2, 0.25) is 0 Å². The Hall–Kier alpha value is -3.04. The number of aryl methyl sites for hydroxylation is 2. The summed E-state index contributed by atoms with van der Waals surface area (Å²) < 4.78 is 25.5. The number of ether oxygens (including phenoxy) is 2. The molecule has 0 aliphatic rings. The number of nitrogens with one attached hydrogen (secondary N) is 1. The number of nitrogens with zero attached hydrogens (tertiary/aromatic N) is 3.